The van der Waals surface area contributed by atoms with E-state index in [2.05, 4.69) is 24.8 Å². The highest BCUT2D eigenvalue weighted by Crippen LogP contribution is 2.25. The second-order valence-electron chi connectivity index (χ2n) is 3.82. The Morgan fingerprint density at radius 1 is 1.38 bits per heavy atom. The largest absolute Gasteiger partial charge is 0.285 e. The Kier molecular flexibility index (Phi) is 4.24. The van der Waals surface area contributed by atoms with Crippen LogP contribution in [0.4, 0.5) is 0 Å². The van der Waals surface area contributed by atoms with Crippen LogP contribution in [0.25, 0.3) is 0 Å². The van der Waals surface area contributed by atoms with E-state index in [9.17, 15) is 0 Å². The van der Waals surface area contributed by atoms with Gasteiger partial charge in [-0.3, -0.25) is 4.90 Å². The molecule has 0 N–H and O–H groups in total. The first-order valence-corrected chi connectivity index (χ1v) is 5.48. The van der Waals surface area contributed by atoms with Crippen molar-refractivity contribution < 1.29 is 0 Å². The van der Waals surface area contributed by atoms with Crippen molar-refractivity contribution in [3.05, 3.63) is 0 Å². The minimum Gasteiger partial charge on any atom is -0.285 e. The van der Waals surface area contributed by atoms with Crippen molar-refractivity contribution in [3.8, 4) is 6.07 Å². The van der Waals surface area contributed by atoms with Gasteiger partial charge in [-0.2, -0.15) is 5.26 Å². The minimum atomic E-state index is 0.146. The lowest BCUT2D eigenvalue weighted by molar-refractivity contribution is 0.171. The highest BCUT2D eigenvalue weighted by atomic mass is 15.2. The second-order valence-corrected chi connectivity index (χ2v) is 3.82. The molecule has 0 saturated heterocycles. The number of hydrogen-bond donors (Lipinski definition) is 0. The lowest BCUT2D eigenvalue weighted by Gasteiger charge is -2.30. The molecule has 13 heavy (non-hydrogen) atoms. The maximum absolute atomic E-state index is 9.00. The van der Waals surface area contributed by atoms with Gasteiger partial charge in [0.25, 0.3) is 0 Å². The van der Waals surface area contributed by atoms with E-state index in [-0.39, 0.29) is 6.04 Å². The van der Waals surface area contributed by atoms with Gasteiger partial charge in [0.2, 0.25) is 0 Å². The summed E-state index contributed by atoms with van der Waals surface area (Å²) in [6, 6.07) is 3.24. The summed E-state index contributed by atoms with van der Waals surface area (Å²) >= 11 is 0. The lowest BCUT2D eigenvalue weighted by Crippen LogP contribution is -2.40. The van der Waals surface area contributed by atoms with Crippen molar-refractivity contribution in [2.75, 3.05) is 6.54 Å². The summed E-state index contributed by atoms with van der Waals surface area (Å²) in [5, 5.41) is 9.00. The molecule has 1 rings (SSSR count). The van der Waals surface area contributed by atoms with Crippen LogP contribution in [0.5, 0.6) is 0 Å². The van der Waals surface area contributed by atoms with Gasteiger partial charge in [0.05, 0.1) is 12.1 Å². The molecule has 74 valence electrons. The Morgan fingerprint density at radius 3 is 2.38 bits per heavy atom. The maximum Gasteiger partial charge on any atom is 0.0977 e. The van der Waals surface area contributed by atoms with E-state index in [1.807, 2.05) is 0 Å². The molecule has 1 atom stereocenters. The smallest absolute Gasteiger partial charge is 0.0977 e. The number of hydrogen-bond acceptors (Lipinski definition) is 2. The first-order chi connectivity index (χ1) is 6.33. The standard InChI is InChI=1S/C11H20N2/c1-3-10(9-12)13(4-2)11-7-5-6-8-11/h10-11H,3-8H2,1-2H3. The molecular weight excluding hydrogens is 160 g/mol. The van der Waals surface area contributed by atoms with Crippen molar-refractivity contribution in [1.82, 2.24) is 4.90 Å². The summed E-state index contributed by atoms with van der Waals surface area (Å²) in [7, 11) is 0. The van der Waals surface area contributed by atoms with E-state index in [1.165, 1.54) is 25.7 Å². The first-order valence-electron chi connectivity index (χ1n) is 5.48. The quantitative estimate of drug-likeness (QED) is 0.665. The summed E-state index contributed by atoms with van der Waals surface area (Å²) < 4.78 is 0. The fourth-order valence-corrected chi connectivity index (χ4v) is 2.37. The molecule has 0 spiro atoms. The maximum atomic E-state index is 9.00. The molecule has 0 radical (unpaired) electrons. The summed E-state index contributed by atoms with van der Waals surface area (Å²) in [5.74, 6) is 0. The summed E-state index contributed by atoms with van der Waals surface area (Å²) in [6.45, 7) is 5.29. The molecule has 2 nitrogen and oxygen atoms in total. The van der Waals surface area contributed by atoms with Crippen LogP contribution in [0.3, 0.4) is 0 Å². The highest BCUT2D eigenvalue weighted by molar-refractivity contribution is 4.94. The molecule has 0 bridgehead atoms. The molecule has 0 aromatic carbocycles. The molecule has 0 aliphatic heterocycles. The van der Waals surface area contributed by atoms with Crippen LogP contribution in [-0.4, -0.2) is 23.5 Å². The van der Waals surface area contributed by atoms with Crippen LogP contribution in [0.2, 0.25) is 0 Å². The topological polar surface area (TPSA) is 27.0 Å². The Labute approximate surface area is 81.5 Å². The van der Waals surface area contributed by atoms with E-state index in [0.717, 1.165) is 13.0 Å². The van der Waals surface area contributed by atoms with Crippen molar-refractivity contribution in [3.63, 3.8) is 0 Å². The van der Waals surface area contributed by atoms with Gasteiger partial charge in [-0.05, 0) is 25.8 Å². The van der Waals surface area contributed by atoms with Gasteiger partial charge in [0.15, 0.2) is 0 Å². The van der Waals surface area contributed by atoms with Gasteiger partial charge < -0.3 is 0 Å². The molecule has 0 heterocycles. The van der Waals surface area contributed by atoms with Crippen molar-refractivity contribution >= 4 is 0 Å². The van der Waals surface area contributed by atoms with Gasteiger partial charge in [0, 0.05) is 6.04 Å². The van der Waals surface area contributed by atoms with Gasteiger partial charge >= 0.3 is 0 Å². The molecule has 0 aromatic heterocycles. The molecule has 0 amide bonds. The summed E-state index contributed by atoms with van der Waals surface area (Å²) in [5.41, 5.74) is 0. The third-order valence-electron chi connectivity index (χ3n) is 3.09. The Balaban J connectivity index is 2.54. The number of rotatable bonds is 4. The number of nitrogens with zero attached hydrogens (tertiary/aromatic N) is 2. The summed E-state index contributed by atoms with van der Waals surface area (Å²) in [6.07, 6.45) is 6.25. The van der Waals surface area contributed by atoms with Gasteiger partial charge in [-0.25, -0.2) is 0 Å². The van der Waals surface area contributed by atoms with Gasteiger partial charge in [-0.1, -0.05) is 26.7 Å². The van der Waals surface area contributed by atoms with E-state index in [1.54, 1.807) is 0 Å². The number of nitriles is 1. The molecule has 1 aliphatic carbocycles. The van der Waals surface area contributed by atoms with Crippen LogP contribution < -0.4 is 0 Å². The van der Waals surface area contributed by atoms with Crippen LogP contribution in [-0.2, 0) is 0 Å². The monoisotopic (exact) mass is 180 g/mol. The minimum absolute atomic E-state index is 0.146. The molecule has 1 unspecified atom stereocenters. The molecule has 1 fully saturated rings. The molecule has 1 aliphatic rings. The third kappa shape index (κ3) is 2.45. The van der Waals surface area contributed by atoms with E-state index in [0.29, 0.717) is 6.04 Å². The Hall–Kier alpha value is -0.550. The fourth-order valence-electron chi connectivity index (χ4n) is 2.37. The molecular formula is C11H20N2. The zero-order chi connectivity index (χ0) is 9.68. The molecule has 1 saturated carbocycles. The SMILES string of the molecule is CCC(C#N)N(CC)C1CCCC1. The van der Waals surface area contributed by atoms with Crippen molar-refractivity contribution in [1.29, 1.82) is 5.26 Å². The summed E-state index contributed by atoms with van der Waals surface area (Å²) in [4.78, 5) is 2.38. The highest BCUT2D eigenvalue weighted by Gasteiger charge is 2.26. The van der Waals surface area contributed by atoms with E-state index >= 15 is 0 Å². The predicted molar refractivity (Wildman–Crippen MR) is 54.3 cm³/mol. The van der Waals surface area contributed by atoms with E-state index < -0.39 is 0 Å². The molecule has 2 heteroatoms. The second kappa shape index (κ2) is 5.24. The Morgan fingerprint density at radius 2 is 2.00 bits per heavy atom. The zero-order valence-electron chi connectivity index (χ0n) is 8.79. The first kappa shape index (κ1) is 10.5. The van der Waals surface area contributed by atoms with Crippen molar-refractivity contribution in [2.45, 2.75) is 58.0 Å². The van der Waals surface area contributed by atoms with Gasteiger partial charge in [-0.15, -0.1) is 0 Å². The van der Waals surface area contributed by atoms with Crippen molar-refractivity contribution in [2.24, 2.45) is 0 Å². The van der Waals surface area contributed by atoms with Crippen LogP contribution in [0.15, 0.2) is 0 Å². The average molecular weight is 180 g/mol. The Bertz CT molecular complexity index is 177. The van der Waals surface area contributed by atoms with Crippen LogP contribution in [0.1, 0.15) is 46.0 Å². The van der Waals surface area contributed by atoms with Gasteiger partial charge in [0.1, 0.15) is 0 Å². The average Bonchev–Trinajstić information content (AvgIpc) is 2.66. The molecule has 0 aromatic rings. The zero-order valence-corrected chi connectivity index (χ0v) is 8.79. The van der Waals surface area contributed by atoms with E-state index in [4.69, 9.17) is 5.26 Å². The normalized spacial score (nSPS) is 20.5. The van der Waals surface area contributed by atoms with Crippen LogP contribution in [0, 0.1) is 11.3 Å². The third-order valence-corrected chi connectivity index (χ3v) is 3.09. The predicted octanol–water partition coefficient (Wildman–Crippen LogP) is 2.55. The van der Waals surface area contributed by atoms with Crippen LogP contribution >= 0.6 is 0 Å². The lowest BCUT2D eigenvalue weighted by atomic mass is 10.1. The fraction of sp³-hybridized carbons (Fsp3) is 0.909.